The van der Waals surface area contributed by atoms with Crippen molar-refractivity contribution in [2.45, 2.75) is 6.92 Å². The van der Waals surface area contributed by atoms with E-state index in [9.17, 15) is 9.18 Å². The average Bonchev–Trinajstić information content (AvgIpc) is 3.00. The molecule has 0 radical (unpaired) electrons. The minimum atomic E-state index is -0.334. The Labute approximate surface area is 120 Å². The number of nitrogens with zero attached hydrogens (tertiary/aromatic N) is 3. The monoisotopic (exact) mass is 281 g/mol. The SMILES string of the molecule is Cc1cc(C(=O)c2cnn(-c3ccccc3)n2)ccc1F. The predicted octanol–water partition coefficient (Wildman–Crippen LogP) is 2.95. The third-order valence-corrected chi connectivity index (χ3v) is 3.13. The van der Waals surface area contributed by atoms with Crippen LogP contribution in [-0.4, -0.2) is 20.8 Å². The molecule has 3 aromatic rings. The summed E-state index contributed by atoms with van der Waals surface area (Å²) in [7, 11) is 0. The molecule has 3 rings (SSSR count). The lowest BCUT2D eigenvalue weighted by Gasteiger charge is -2.00. The van der Waals surface area contributed by atoms with Crippen LogP contribution in [0.5, 0.6) is 0 Å². The van der Waals surface area contributed by atoms with Crippen LogP contribution in [-0.2, 0) is 0 Å². The van der Waals surface area contributed by atoms with E-state index in [1.54, 1.807) is 6.92 Å². The van der Waals surface area contributed by atoms with Crippen LogP contribution >= 0.6 is 0 Å². The highest BCUT2D eigenvalue weighted by Gasteiger charge is 2.14. The number of hydrogen-bond donors (Lipinski definition) is 0. The van der Waals surface area contributed by atoms with Crippen molar-refractivity contribution < 1.29 is 9.18 Å². The molecule has 0 N–H and O–H groups in total. The van der Waals surface area contributed by atoms with E-state index in [0.717, 1.165) is 5.69 Å². The summed E-state index contributed by atoms with van der Waals surface area (Å²) in [6.07, 6.45) is 1.41. The molecule has 4 nitrogen and oxygen atoms in total. The fourth-order valence-electron chi connectivity index (χ4n) is 1.99. The lowest BCUT2D eigenvalue weighted by Crippen LogP contribution is -2.05. The number of carbonyl (C=O) groups excluding carboxylic acids is 1. The molecule has 1 aromatic heterocycles. The topological polar surface area (TPSA) is 47.8 Å². The van der Waals surface area contributed by atoms with Crippen LogP contribution in [0.2, 0.25) is 0 Å². The van der Waals surface area contributed by atoms with Gasteiger partial charge in [-0.1, -0.05) is 18.2 Å². The number of aryl methyl sites for hydroxylation is 1. The fourth-order valence-corrected chi connectivity index (χ4v) is 1.99. The van der Waals surface area contributed by atoms with Gasteiger partial charge in [-0.25, -0.2) is 4.39 Å². The Hall–Kier alpha value is -2.82. The van der Waals surface area contributed by atoms with Crippen molar-refractivity contribution in [1.82, 2.24) is 15.0 Å². The Morgan fingerprint density at radius 1 is 1.14 bits per heavy atom. The van der Waals surface area contributed by atoms with Crippen molar-refractivity contribution >= 4 is 5.78 Å². The number of benzene rings is 2. The number of rotatable bonds is 3. The van der Waals surface area contributed by atoms with E-state index in [1.807, 2.05) is 30.3 Å². The predicted molar refractivity (Wildman–Crippen MR) is 75.9 cm³/mol. The third-order valence-electron chi connectivity index (χ3n) is 3.13. The number of halogens is 1. The number of aromatic nitrogens is 3. The third kappa shape index (κ3) is 2.58. The molecular weight excluding hydrogens is 269 g/mol. The molecule has 0 unspecified atom stereocenters. The maximum atomic E-state index is 13.2. The Morgan fingerprint density at radius 2 is 1.90 bits per heavy atom. The maximum Gasteiger partial charge on any atom is 0.214 e. The zero-order chi connectivity index (χ0) is 14.8. The summed E-state index contributed by atoms with van der Waals surface area (Å²) >= 11 is 0. The molecule has 5 heteroatoms. The van der Waals surface area contributed by atoms with Crippen molar-refractivity contribution in [1.29, 1.82) is 0 Å². The van der Waals surface area contributed by atoms with Gasteiger partial charge in [0.05, 0.1) is 11.9 Å². The van der Waals surface area contributed by atoms with E-state index in [4.69, 9.17) is 0 Å². The van der Waals surface area contributed by atoms with E-state index in [2.05, 4.69) is 10.2 Å². The highest BCUT2D eigenvalue weighted by atomic mass is 19.1. The van der Waals surface area contributed by atoms with Gasteiger partial charge >= 0.3 is 0 Å². The number of carbonyl (C=O) groups is 1. The van der Waals surface area contributed by atoms with Gasteiger partial charge in [-0.3, -0.25) is 4.79 Å². The van der Waals surface area contributed by atoms with Gasteiger partial charge in [0.1, 0.15) is 5.82 Å². The Balaban J connectivity index is 1.92. The van der Waals surface area contributed by atoms with E-state index < -0.39 is 0 Å². The molecule has 0 aliphatic carbocycles. The molecule has 104 valence electrons. The Kier molecular flexibility index (Phi) is 3.31. The highest BCUT2D eigenvalue weighted by molar-refractivity contribution is 6.07. The van der Waals surface area contributed by atoms with Gasteiger partial charge in [-0.05, 0) is 42.8 Å². The largest absolute Gasteiger partial charge is 0.287 e. The van der Waals surface area contributed by atoms with Crippen molar-refractivity contribution in [2.75, 3.05) is 0 Å². The van der Waals surface area contributed by atoms with Crippen LogP contribution in [0.1, 0.15) is 21.6 Å². The summed E-state index contributed by atoms with van der Waals surface area (Å²) in [6.45, 7) is 1.62. The fraction of sp³-hybridized carbons (Fsp3) is 0.0625. The summed E-state index contributed by atoms with van der Waals surface area (Å²) < 4.78 is 13.2. The lowest BCUT2D eigenvalue weighted by atomic mass is 10.1. The first kappa shape index (κ1) is 13.2. The quantitative estimate of drug-likeness (QED) is 0.693. The zero-order valence-electron chi connectivity index (χ0n) is 11.3. The zero-order valence-corrected chi connectivity index (χ0v) is 11.3. The first-order valence-corrected chi connectivity index (χ1v) is 6.44. The second-order valence-electron chi connectivity index (χ2n) is 4.65. The first-order valence-electron chi connectivity index (χ1n) is 6.44. The van der Waals surface area contributed by atoms with Crippen LogP contribution in [0.3, 0.4) is 0 Å². The molecule has 1 heterocycles. The first-order chi connectivity index (χ1) is 10.1. The van der Waals surface area contributed by atoms with Crippen molar-refractivity contribution in [3.63, 3.8) is 0 Å². The maximum absolute atomic E-state index is 13.2. The molecule has 0 spiro atoms. The Morgan fingerprint density at radius 3 is 2.62 bits per heavy atom. The molecule has 0 saturated carbocycles. The normalized spacial score (nSPS) is 10.6. The second-order valence-corrected chi connectivity index (χ2v) is 4.65. The van der Waals surface area contributed by atoms with Crippen molar-refractivity contribution in [3.8, 4) is 5.69 Å². The van der Waals surface area contributed by atoms with Gasteiger partial charge in [-0.2, -0.15) is 9.90 Å². The lowest BCUT2D eigenvalue weighted by molar-refractivity contribution is 0.103. The Bertz CT molecular complexity index is 796. The van der Waals surface area contributed by atoms with Crippen LogP contribution < -0.4 is 0 Å². The van der Waals surface area contributed by atoms with Gasteiger partial charge in [-0.15, -0.1) is 5.10 Å². The molecule has 0 fully saturated rings. The van der Waals surface area contributed by atoms with E-state index in [1.165, 1.54) is 29.2 Å². The molecule has 0 atom stereocenters. The smallest absolute Gasteiger partial charge is 0.214 e. The van der Waals surface area contributed by atoms with Gasteiger partial charge in [0.15, 0.2) is 5.69 Å². The average molecular weight is 281 g/mol. The summed E-state index contributed by atoms with van der Waals surface area (Å²) in [5.74, 6) is -0.611. The molecule has 0 aliphatic heterocycles. The minimum absolute atomic E-state index is 0.227. The van der Waals surface area contributed by atoms with Gasteiger partial charge in [0.2, 0.25) is 5.78 Å². The van der Waals surface area contributed by atoms with Gasteiger partial charge < -0.3 is 0 Å². The summed E-state index contributed by atoms with van der Waals surface area (Å²) in [4.78, 5) is 13.7. The van der Waals surface area contributed by atoms with E-state index in [-0.39, 0.29) is 17.3 Å². The number of hydrogen-bond acceptors (Lipinski definition) is 3. The molecule has 0 bridgehead atoms. The summed E-state index contributed by atoms with van der Waals surface area (Å²) in [5.41, 5.74) is 1.82. The molecule has 0 saturated heterocycles. The summed E-state index contributed by atoms with van der Waals surface area (Å²) in [5, 5.41) is 8.25. The van der Waals surface area contributed by atoms with Crippen LogP contribution in [0, 0.1) is 12.7 Å². The van der Waals surface area contributed by atoms with Crippen LogP contribution in [0.25, 0.3) is 5.69 Å². The van der Waals surface area contributed by atoms with Crippen LogP contribution in [0.15, 0.2) is 54.7 Å². The standard InChI is InChI=1S/C16H12FN3O/c1-11-9-12(7-8-14(11)17)16(21)15-10-18-20(19-15)13-5-3-2-4-6-13/h2-10H,1H3. The van der Waals surface area contributed by atoms with Gasteiger partial charge in [0.25, 0.3) is 0 Å². The minimum Gasteiger partial charge on any atom is -0.287 e. The highest BCUT2D eigenvalue weighted by Crippen LogP contribution is 2.13. The number of ketones is 1. The van der Waals surface area contributed by atoms with Crippen molar-refractivity contribution in [3.05, 3.63) is 77.4 Å². The molecule has 21 heavy (non-hydrogen) atoms. The summed E-state index contributed by atoms with van der Waals surface area (Å²) in [6, 6.07) is 13.6. The number of para-hydroxylation sites is 1. The van der Waals surface area contributed by atoms with Crippen LogP contribution in [0.4, 0.5) is 4.39 Å². The molecule has 0 aliphatic rings. The van der Waals surface area contributed by atoms with Crippen molar-refractivity contribution in [2.24, 2.45) is 0 Å². The van der Waals surface area contributed by atoms with Gasteiger partial charge in [0, 0.05) is 5.56 Å². The molecule has 0 amide bonds. The molecular formula is C16H12FN3O. The second kappa shape index (κ2) is 5.28. The molecule has 2 aromatic carbocycles. The van der Waals surface area contributed by atoms with E-state index >= 15 is 0 Å². The van der Waals surface area contributed by atoms with E-state index in [0.29, 0.717) is 11.1 Å².